The second kappa shape index (κ2) is 7.45. The number of hydrogen-bond acceptors (Lipinski definition) is 2. The minimum atomic E-state index is -0.215. The maximum Gasteiger partial charge on any atom is 1.00 e. The van der Waals surface area contributed by atoms with Crippen molar-refractivity contribution in [1.82, 2.24) is 0 Å². The van der Waals surface area contributed by atoms with Crippen LogP contribution in [0.2, 0.25) is 0 Å². The number of rotatable bonds is 3. The van der Waals surface area contributed by atoms with Crippen molar-refractivity contribution in [3.8, 4) is 0 Å². The van der Waals surface area contributed by atoms with Crippen LogP contribution in [0, 0.1) is 12.3 Å². The zero-order chi connectivity index (χ0) is 7.28. The van der Waals surface area contributed by atoms with Gasteiger partial charge in [-0.1, -0.05) is 13.8 Å². The van der Waals surface area contributed by atoms with Crippen molar-refractivity contribution >= 4 is 5.97 Å². The van der Waals surface area contributed by atoms with Gasteiger partial charge in [-0.2, -0.15) is 5.92 Å². The van der Waals surface area contributed by atoms with Crippen LogP contribution in [-0.4, -0.2) is 12.6 Å². The van der Waals surface area contributed by atoms with Crippen molar-refractivity contribution in [2.45, 2.75) is 20.8 Å². The Morgan fingerprint density at radius 1 is 1.60 bits per heavy atom. The van der Waals surface area contributed by atoms with Gasteiger partial charge in [-0.3, -0.25) is 11.2 Å². The molecule has 0 N–H and O–H groups in total. The standard InChI is InChI=1S/C7H13O2.Na/c1-4-9-7(8)5-6(2)3;/h5-6H,4H2,1-3H3;/q-1;+1. The third-order valence-corrected chi connectivity index (χ3v) is 0.756. The zero-order valence-electron chi connectivity index (χ0n) is 7.18. The average Bonchev–Trinajstić information content (AvgIpc) is 1.63. The summed E-state index contributed by atoms with van der Waals surface area (Å²) < 4.78 is 4.66. The van der Waals surface area contributed by atoms with Gasteiger partial charge in [-0.15, -0.1) is 0 Å². The van der Waals surface area contributed by atoms with E-state index in [4.69, 9.17) is 0 Å². The molecule has 0 saturated heterocycles. The summed E-state index contributed by atoms with van der Waals surface area (Å²) in [6, 6.07) is 0. The fourth-order valence-corrected chi connectivity index (χ4v) is 0.463. The molecular formula is C7H13NaO2. The monoisotopic (exact) mass is 152 g/mol. The summed E-state index contributed by atoms with van der Waals surface area (Å²) in [5.41, 5.74) is 0. The van der Waals surface area contributed by atoms with Crippen molar-refractivity contribution in [3.63, 3.8) is 0 Å². The molecule has 3 heteroatoms. The van der Waals surface area contributed by atoms with E-state index in [2.05, 4.69) is 4.74 Å². The van der Waals surface area contributed by atoms with E-state index in [1.807, 2.05) is 13.8 Å². The molecule has 0 atom stereocenters. The van der Waals surface area contributed by atoms with Gasteiger partial charge < -0.3 is 4.74 Å². The largest absolute Gasteiger partial charge is 1.00 e. The molecule has 0 aromatic heterocycles. The summed E-state index contributed by atoms with van der Waals surface area (Å²) in [4.78, 5) is 10.6. The van der Waals surface area contributed by atoms with Gasteiger partial charge in [0, 0.05) is 0 Å². The maximum absolute atomic E-state index is 10.6. The molecule has 0 amide bonds. The Hall–Kier alpha value is 0.340. The van der Waals surface area contributed by atoms with Gasteiger partial charge in [0.05, 0.1) is 6.61 Å². The topological polar surface area (TPSA) is 26.3 Å². The Bertz CT molecular complexity index is 91.6. The van der Waals surface area contributed by atoms with Crippen LogP contribution in [0.5, 0.6) is 0 Å². The molecule has 0 rings (SSSR count). The van der Waals surface area contributed by atoms with Crippen LogP contribution in [0.1, 0.15) is 20.8 Å². The van der Waals surface area contributed by atoms with Gasteiger partial charge in [0.25, 0.3) is 0 Å². The molecule has 0 heterocycles. The summed E-state index contributed by atoms with van der Waals surface area (Å²) >= 11 is 0. The van der Waals surface area contributed by atoms with Crippen LogP contribution in [-0.2, 0) is 9.53 Å². The summed E-state index contributed by atoms with van der Waals surface area (Å²) in [7, 11) is 0. The van der Waals surface area contributed by atoms with E-state index in [1.165, 1.54) is 0 Å². The summed E-state index contributed by atoms with van der Waals surface area (Å²) in [6.45, 7) is 6.14. The van der Waals surface area contributed by atoms with Crippen LogP contribution in [0.3, 0.4) is 0 Å². The third kappa shape index (κ3) is 8.34. The Morgan fingerprint density at radius 3 is 2.40 bits per heavy atom. The first-order chi connectivity index (χ1) is 4.16. The van der Waals surface area contributed by atoms with Crippen LogP contribution >= 0.6 is 0 Å². The van der Waals surface area contributed by atoms with E-state index in [0.29, 0.717) is 6.61 Å². The Balaban J connectivity index is 0. The average molecular weight is 152 g/mol. The van der Waals surface area contributed by atoms with E-state index in [0.717, 1.165) is 0 Å². The fourth-order valence-electron chi connectivity index (χ4n) is 0.463. The van der Waals surface area contributed by atoms with Gasteiger partial charge in [-0.05, 0) is 6.92 Å². The maximum atomic E-state index is 10.6. The van der Waals surface area contributed by atoms with Crippen LogP contribution in [0.4, 0.5) is 0 Å². The molecule has 0 aromatic rings. The van der Waals surface area contributed by atoms with Crippen molar-refractivity contribution in [2.24, 2.45) is 5.92 Å². The van der Waals surface area contributed by atoms with Crippen molar-refractivity contribution in [3.05, 3.63) is 6.42 Å². The van der Waals surface area contributed by atoms with Gasteiger partial charge in [0.15, 0.2) is 5.97 Å². The Kier molecular flexibility index (Phi) is 9.66. The molecule has 2 nitrogen and oxygen atoms in total. The fraction of sp³-hybridized carbons (Fsp3) is 0.714. The van der Waals surface area contributed by atoms with E-state index < -0.39 is 0 Å². The molecule has 0 saturated carbocycles. The first-order valence-electron chi connectivity index (χ1n) is 3.18. The second-order valence-electron chi connectivity index (χ2n) is 2.16. The number of carbonyl (C=O) groups excluding carboxylic acids is 1. The first-order valence-corrected chi connectivity index (χ1v) is 3.18. The number of hydrogen-bond donors (Lipinski definition) is 0. The molecule has 54 valence electrons. The predicted octanol–water partition coefficient (Wildman–Crippen LogP) is -1.59. The van der Waals surface area contributed by atoms with Crippen LogP contribution < -0.4 is 29.6 Å². The molecule has 0 aliphatic carbocycles. The van der Waals surface area contributed by atoms with Gasteiger partial charge in [-0.25, -0.2) is 0 Å². The molecule has 0 bridgehead atoms. The van der Waals surface area contributed by atoms with Crippen molar-refractivity contribution in [2.75, 3.05) is 6.61 Å². The molecule has 10 heavy (non-hydrogen) atoms. The van der Waals surface area contributed by atoms with Gasteiger partial charge in [0.1, 0.15) is 0 Å². The van der Waals surface area contributed by atoms with Crippen LogP contribution in [0.15, 0.2) is 0 Å². The van der Waals surface area contributed by atoms with E-state index in [-0.39, 0.29) is 41.4 Å². The van der Waals surface area contributed by atoms with Gasteiger partial charge >= 0.3 is 29.6 Å². The van der Waals surface area contributed by atoms with Crippen molar-refractivity contribution in [1.29, 1.82) is 0 Å². The Morgan fingerprint density at radius 2 is 2.10 bits per heavy atom. The summed E-state index contributed by atoms with van der Waals surface area (Å²) in [5, 5.41) is 0. The molecular weight excluding hydrogens is 139 g/mol. The minimum absolute atomic E-state index is 0. The zero-order valence-corrected chi connectivity index (χ0v) is 9.18. The summed E-state index contributed by atoms with van der Waals surface area (Å²) in [6.07, 6.45) is 1.56. The molecule has 0 fully saturated rings. The van der Waals surface area contributed by atoms with E-state index in [9.17, 15) is 4.79 Å². The Labute approximate surface area is 84.6 Å². The van der Waals surface area contributed by atoms with E-state index >= 15 is 0 Å². The molecule has 0 aromatic carbocycles. The predicted molar refractivity (Wildman–Crippen MR) is 35.8 cm³/mol. The number of esters is 1. The molecule has 0 spiro atoms. The normalized spacial score (nSPS) is 8.40. The third-order valence-electron chi connectivity index (χ3n) is 0.756. The minimum Gasteiger partial charge on any atom is -0.488 e. The molecule has 0 aliphatic heterocycles. The van der Waals surface area contributed by atoms with Crippen LogP contribution in [0.25, 0.3) is 0 Å². The molecule has 0 radical (unpaired) electrons. The number of ether oxygens (including phenoxy) is 1. The number of carbonyl (C=O) groups is 1. The molecule has 0 aliphatic rings. The quantitative estimate of drug-likeness (QED) is 0.277. The van der Waals surface area contributed by atoms with Gasteiger partial charge in [0.2, 0.25) is 0 Å². The first kappa shape index (κ1) is 13.0. The van der Waals surface area contributed by atoms with Crippen molar-refractivity contribution < 1.29 is 39.1 Å². The smallest absolute Gasteiger partial charge is 0.488 e. The molecule has 0 unspecified atom stereocenters. The second-order valence-corrected chi connectivity index (χ2v) is 2.16. The SMILES string of the molecule is CCOC(=O)[CH-]C(C)C.[Na+]. The summed E-state index contributed by atoms with van der Waals surface area (Å²) in [5.74, 6) is 0.0662. The van der Waals surface area contributed by atoms with E-state index in [1.54, 1.807) is 13.3 Å².